The van der Waals surface area contributed by atoms with Gasteiger partial charge in [-0.1, -0.05) is 36.4 Å². The molecular formula is C28H33N7O. The second-order valence-corrected chi connectivity index (χ2v) is 9.27. The highest BCUT2D eigenvalue weighted by Gasteiger charge is 2.20. The highest BCUT2D eigenvalue weighted by atomic mass is 16.2. The van der Waals surface area contributed by atoms with E-state index >= 15 is 0 Å². The van der Waals surface area contributed by atoms with Gasteiger partial charge in [0.05, 0.1) is 5.69 Å². The summed E-state index contributed by atoms with van der Waals surface area (Å²) in [4.78, 5) is 28.3. The first-order chi connectivity index (χ1) is 17.3. The van der Waals surface area contributed by atoms with Crippen LogP contribution in [0.3, 0.4) is 0 Å². The number of hydrogen-bond donors (Lipinski definition) is 2. The van der Waals surface area contributed by atoms with Crippen molar-refractivity contribution in [1.29, 1.82) is 5.41 Å². The number of nitrogen functional groups attached to an aromatic ring is 1. The first-order valence-electron chi connectivity index (χ1n) is 12.0. The molecule has 0 saturated heterocycles. The minimum absolute atomic E-state index is 0.0149. The summed E-state index contributed by atoms with van der Waals surface area (Å²) in [6, 6.07) is 17.2. The van der Waals surface area contributed by atoms with Crippen LogP contribution in [0, 0.1) is 5.41 Å². The quantitative estimate of drug-likeness (QED) is 0.376. The van der Waals surface area contributed by atoms with Crippen LogP contribution in [0.25, 0.3) is 16.8 Å². The number of nitrogens with one attached hydrogen (secondary N) is 1. The van der Waals surface area contributed by atoms with Crippen LogP contribution in [0.15, 0.2) is 66.9 Å². The van der Waals surface area contributed by atoms with Crippen LogP contribution in [0.4, 0.5) is 5.95 Å². The number of nitrogens with zero attached hydrogens (tertiary/aromatic N) is 5. The highest BCUT2D eigenvalue weighted by Crippen LogP contribution is 2.25. The molecule has 4 rings (SSSR count). The van der Waals surface area contributed by atoms with Gasteiger partial charge in [0.2, 0.25) is 5.95 Å². The van der Waals surface area contributed by atoms with Gasteiger partial charge in [0.25, 0.3) is 5.91 Å². The third kappa shape index (κ3) is 5.95. The Morgan fingerprint density at radius 2 is 1.81 bits per heavy atom. The van der Waals surface area contributed by atoms with Crippen molar-refractivity contribution in [2.24, 2.45) is 5.73 Å². The van der Waals surface area contributed by atoms with Gasteiger partial charge in [0.1, 0.15) is 5.84 Å². The second kappa shape index (κ2) is 11.1. The molecule has 3 aromatic rings. The number of amidine groups is 1. The van der Waals surface area contributed by atoms with E-state index in [1.165, 1.54) is 5.57 Å². The summed E-state index contributed by atoms with van der Waals surface area (Å²) in [6.07, 6.45) is 4.62. The van der Waals surface area contributed by atoms with E-state index in [2.05, 4.69) is 16.0 Å². The fraction of sp³-hybridized carbons (Fsp3) is 0.286. The number of carbonyl (C=O) groups is 1. The van der Waals surface area contributed by atoms with E-state index < -0.39 is 0 Å². The predicted molar refractivity (Wildman–Crippen MR) is 145 cm³/mol. The number of nitrogens with two attached hydrogens (primary N) is 1. The van der Waals surface area contributed by atoms with Gasteiger partial charge in [0.15, 0.2) is 0 Å². The Kier molecular flexibility index (Phi) is 7.75. The lowest BCUT2D eigenvalue weighted by atomic mass is 9.97. The number of likely N-dealkylation sites (N-methyl/N-ethyl adjacent to an activating group) is 2. The molecule has 36 heavy (non-hydrogen) atoms. The average Bonchev–Trinajstić information content (AvgIpc) is 2.91. The van der Waals surface area contributed by atoms with E-state index in [0.717, 1.165) is 36.3 Å². The maximum Gasteiger partial charge on any atom is 0.254 e. The molecule has 0 atom stereocenters. The van der Waals surface area contributed by atoms with Gasteiger partial charge in [-0.3, -0.25) is 10.2 Å². The molecule has 186 valence electrons. The summed E-state index contributed by atoms with van der Waals surface area (Å²) in [6.45, 7) is 2.94. The van der Waals surface area contributed by atoms with E-state index in [0.29, 0.717) is 30.2 Å². The Bertz CT molecular complexity index is 1270. The fourth-order valence-corrected chi connectivity index (χ4v) is 4.11. The van der Waals surface area contributed by atoms with Crippen LogP contribution < -0.4 is 10.6 Å². The molecule has 0 fully saturated rings. The Labute approximate surface area is 212 Å². The van der Waals surface area contributed by atoms with Crippen LogP contribution in [0.5, 0.6) is 0 Å². The van der Waals surface area contributed by atoms with E-state index in [-0.39, 0.29) is 11.7 Å². The van der Waals surface area contributed by atoms with Crippen molar-refractivity contribution < 1.29 is 4.79 Å². The van der Waals surface area contributed by atoms with E-state index in [9.17, 15) is 4.79 Å². The van der Waals surface area contributed by atoms with E-state index in [1.54, 1.807) is 6.20 Å². The lowest BCUT2D eigenvalue weighted by Gasteiger charge is -2.27. The van der Waals surface area contributed by atoms with Crippen molar-refractivity contribution in [3.8, 4) is 11.3 Å². The second-order valence-electron chi connectivity index (χ2n) is 9.27. The number of hydrogen-bond acceptors (Lipinski definition) is 6. The zero-order chi connectivity index (χ0) is 25.7. The number of benzene rings is 2. The van der Waals surface area contributed by atoms with Gasteiger partial charge in [-0.15, -0.1) is 0 Å². The Morgan fingerprint density at radius 3 is 2.47 bits per heavy atom. The summed E-state index contributed by atoms with van der Waals surface area (Å²) in [5.74, 6) is 0.753. The lowest BCUT2D eigenvalue weighted by molar-refractivity contribution is 0.0773. The topological polar surface area (TPSA) is 102 Å². The molecule has 1 amide bonds. The SMILES string of the molecule is CN(C)CCN(C)c1nccc(-c2ccc(C(=O)N3CC=C(c4cccc(C(=N)N)c4)CC3)cc2)n1. The molecule has 8 heteroatoms. The van der Waals surface area contributed by atoms with Crippen LogP contribution in [0.1, 0.15) is 27.9 Å². The molecule has 1 aliphatic rings. The molecule has 0 spiro atoms. The number of aromatic nitrogens is 2. The fourth-order valence-electron chi connectivity index (χ4n) is 4.11. The van der Waals surface area contributed by atoms with Crippen LogP contribution in [-0.2, 0) is 0 Å². The van der Waals surface area contributed by atoms with Gasteiger partial charge in [-0.05, 0) is 55.9 Å². The van der Waals surface area contributed by atoms with Crippen molar-refractivity contribution in [3.63, 3.8) is 0 Å². The molecule has 8 nitrogen and oxygen atoms in total. The number of amides is 1. The molecule has 0 saturated carbocycles. The summed E-state index contributed by atoms with van der Waals surface area (Å²) < 4.78 is 0. The van der Waals surface area contributed by atoms with Crippen molar-refractivity contribution in [3.05, 3.63) is 83.6 Å². The Balaban J connectivity index is 1.42. The van der Waals surface area contributed by atoms with Gasteiger partial charge in [0, 0.05) is 56.1 Å². The van der Waals surface area contributed by atoms with Gasteiger partial charge >= 0.3 is 0 Å². The van der Waals surface area contributed by atoms with Crippen LogP contribution in [0.2, 0.25) is 0 Å². The first kappa shape index (κ1) is 25.1. The third-order valence-corrected chi connectivity index (χ3v) is 6.34. The maximum absolute atomic E-state index is 13.1. The van der Waals surface area contributed by atoms with Crippen molar-refractivity contribution in [2.75, 3.05) is 52.2 Å². The molecule has 0 aliphatic carbocycles. The average molecular weight is 484 g/mol. The summed E-state index contributed by atoms with van der Waals surface area (Å²) in [5, 5.41) is 7.65. The Morgan fingerprint density at radius 1 is 1.03 bits per heavy atom. The standard InChI is InChI=1S/C28H33N7O/c1-33(2)17-18-34(3)28-31-14-11-25(32-28)21-7-9-22(10-8-21)27(36)35-15-12-20(13-16-35)23-5-4-6-24(19-23)26(29)30/h4-12,14,19H,13,15-18H2,1-3H3,(H3,29,30). The van der Waals surface area contributed by atoms with E-state index in [1.807, 2.05) is 85.5 Å². The number of carbonyl (C=O) groups excluding carboxylic acids is 1. The molecule has 3 N–H and O–H groups in total. The third-order valence-electron chi connectivity index (χ3n) is 6.34. The molecule has 2 heterocycles. The normalized spacial score (nSPS) is 13.4. The van der Waals surface area contributed by atoms with Crippen LogP contribution in [-0.4, -0.2) is 78.8 Å². The molecule has 1 aliphatic heterocycles. The van der Waals surface area contributed by atoms with Crippen LogP contribution >= 0.6 is 0 Å². The lowest BCUT2D eigenvalue weighted by Crippen LogP contribution is -2.34. The zero-order valence-corrected chi connectivity index (χ0v) is 21.1. The molecule has 2 aromatic carbocycles. The smallest absolute Gasteiger partial charge is 0.254 e. The zero-order valence-electron chi connectivity index (χ0n) is 21.1. The number of anilines is 1. The van der Waals surface area contributed by atoms with Crippen molar-refractivity contribution in [2.45, 2.75) is 6.42 Å². The van der Waals surface area contributed by atoms with Gasteiger partial charge in [-0.2, -0.15) is 0 Å². The molecule has 0 radical (unpaired) electrons. The van der Waals surface area contributed by atoms with Gasteiger partial charge < -0.3 is 20.4 Å². The van der Waals surface area contributed by atoms with Crippen molar-refractivity contribution in [1.82, 2.24) is 19.8 Å². The summed E-state index contributed by atoms with van der Waals surface area (Å²) >= 11 is 0. The largest absolute Gasteiger partial charge is 0.384 e. The summed E-state index contributed by atoms with van der Waals surface area (Å²) in [5.41, 5.74) is 11.0. The first-order valence-corrected chi connectivity index (χ1v) is 12.0. The highest BCUT2D eigenvalue weighted by molar-refractivity contribution is 5.96. The molecule has 1 aromatic heterocycles. The molecule has 0 unspecified atom stereocenters. The minimum Gasteiger partial charge on any atom is -0.384 e. The van der Waals surface area contributed by atoms with Gasteiger partial charge in [-0.25, -0.2) is 9.97 Å². The monoisotopic (exact) mass is 483 g/mol. The Hall–Kier alpha value is -4.04. The summed E-state index contributed by atoms with van der Waals surface area (Å²) in [7, 11) is 6.08. The van der Waals surface area contributed by atoms with Crippen molar-refractivity contribution >= 4 is 23.3 Å². The minimum atomic E-state index is 0.0149. The molecule has 0 bridgehead atoms. The maximum atomic E-state index is 13.1. The predicted octanol–water partition coefficient (Wildman–Crippen LogP) is 3.35. The number of rotatable bonds is 8. The molecular weight excluding hydrogens is 450 g/mol. The van der Waals surface area contributed by atoms with E-state index in [4.69, 9.17) is 16.1 Å².